The van der Waals surface area contributed by atoms with Crippen molar-refractivity contribution in [3.8, 4) is 0 Å². The standard InChI is InChI=1S/C11H21N3O2S/c1-3-4-9(7-15)14-11(17)13-8(2)5-6-10(12)16/h7-9H,3-6H2,1-2H3,(H2,12,16)(H2,13,14,17)/t8-,9+/m1/s1. The van der Waals surface area contributed by atoms with Gasteiger partial charge in [0.1, 0.15) is 6.29 Å². The summed E-state index contributed by atoms with van der Waals surface area (Å²) in [7, 11) is 0. The number of carbonyl (C=O) groups is 2. The molecule has 5 nitrogen and oxygen atoms in total. The van der Waals surface area contributed by atoms with Crippen molar-refractivity contribution in [3.05, 3.63) is 0 Å². The summed E-state index contributed by atoms with van der Waals surface area (Å²) in [5.41, 5.74) is 5.05. The van der Waals surface area contributed by atoms with E-state index >= 15 is 0 Å². The van der Waals surface area contributed by atoms with Crippen molar-refractivity contribution in [1.82, 2.24) is 10.6 Å². The zero-order valence-electron chi connectivity index (χ0n) is 10.4. The molecule has 0 bridgehead atoms. The molecule has 0 aromatic heterocycles. The summed E-state index contributed by atoms with van der Waals surface area (Å²) in [6, 6.07) is -0.195. The summed E-state index contributed by atoms with van der Waals surface area (Å²) in [4.78, 5) is 21.3. The third-order valence-corrected chi connectivity index (χ3v) is 2.52. The van der Waals surface area contributed by atoms with E-state index in [1.54, 1.807) is 0 Å². The summed E-state index contributed by atoms with van der Waals surface area (Å²) in [5, 5.41) is 6.37. The number of nitrogens with one attached hydrogen (secondary N) is 2. The zero-order chi connectivity index (χ0) is 13.3. The maximum Gasteiger partial charge on any atom is 0.217 e. The zero-order valence-corrected chi connectivity index (χ0v) is 11.2. The van der Waals surface area contributed by atoms with Crippen LogP contribution in [-0.2, 0) is 9.59 Å². The van der Waals surface area contributed by atoms with E-state index in [1.165, 1.54) is 0 Å². The van der Waals surface area contributed by atoms with Crippen molar-refractivity contribution >= 4 is 29.5 Å². The Morgan fingerprint density at radius 3 is 2.53 bits per heavy atom. The Hall–Kier alpha value is -1.17. The highest BCUT2D eigenvalue weighted by Crippen LogP contribution is 1.97. The van der Waals surface area contributed by atoms with Crippen LogP contribution in [0.25, 0.3) is 0 Å². The highest BCUT2D eigenvalue weighted by Gasteiger charge is 2.10. The molecule has 0 aromatic rings. The molecule has 6 heteroatoms. The molecule has 2 atom stereocenters. The molecule has 4 N–H and O–H groups in total. The maximum absolute atomic E-state index is 10.7. The van der Waals surface area contributed by atoms with E-state index in [0.717, 1.165) is 19.1 Å². The van der Waals surface area contributed by atoms with E-state index in [9.17, 15) is 9.59 Å². The molecule has 98 valence electrons. The van der Waals surface area contributed by atoms with E-state index in [0.29, 0.717) is 18.0 Å². The van der Waals surface area contributed by atoms with Crippen LogP contribution in [0.3, 0.4) is 0 Å². The van der Waals surface area contributed by atoms with Crippen LogP contribution in [0.5, 0.6) is 0 Å². The van der Waals surface area contributed by atoms with Crippen LogP contribution in [0.15, 0.2) is 0 Å². The molecule has 0 unspecified atom stereocenters. The molecule has 0 aliphatic carbocycles. The van der Waals surface area contributed by atoms with Gasteiger partial charge in [0.05, 0.1) is 6.04 Å². The van der Waals surface area contributed by atoms with Gasteiger partial charge in [-0.2, -0.15) is 0 Å². The number of rotatable bonds is 8. The Morgan fingerprint density at radius 2 is 2.06 bits per heavy atom. The minimum Gasteiger partial charge on any atom is -0.370 e. The van der Waals surface area contributed by atoms with Crippen LogP contribution < -0.4 is 16.4 Å². The molecule has 0 rings (SSSR count). The number of aldehydes is 1. The second-order valence-corrected chi connectivity index (χ2v) is 4.46. The highest BCUT2D eigenvalue weighted by atomic mass is 32.1. The Bertz CT molecular complexity index is 271. The summed E-state index contributed by atoms with van der Waals surface area (Å²) in [5.74, 6) is -0.325. The molecule has 0 aliphatic heterocycles. The average Bonchev–Trinajstić information content (AvgIpc) is 2.25. The normalized spacial score (nSPS) is 13.5. The van der Waals surface area contributed by atoms with Gasteiger partial charge in [-0.25, -0.2) is 0 Å². The van der Waals surface area contributed by atoms with Crippen molar-refractivity contribution in [2.75, 3.05) is 0 Å². The van der Waals surface area contributed by atoms with Crippen molar-refractivity contribution < 1.29 is 9.59 Å². The molecular formula is C11H21N3O2S. The SMILES string of the molecule is CCC[C@@H](C=O)NC(=S)N[C@H](C)CCC(N)=O. The lowest BCUT2D eigenvalue weighted by Crippen LogP contribution is -2.46. The number of carbonyl (C=O) groups excluding carboxylic acids is 2. The number of thiocarbonyl (C=S) groups is 1. The van der Waals surface area contributed by atoms with Crippen molar-refractivity contribution in [3.63, 3.8) is 0 Å². The van der Waals surface area contributed by atoms with Crippen LogP contribution in [0.4, 0.5) is 0 Å². The fraction of sp³-hybridized carbons (Fsp3) is 0.727. The quantitative estimate of drug-likeness (QED) is 0.436. The van der Waals surface area contributed by atoms with Gasteiger partial charge in [0.2, 0.25) is 5.91 Å². The topological polar surface area (TPSA) is 84.2 Å². The molecule has 0 aliphatic rings. The van der Waals surface area contributed by atoms with Gasteiger partial charge in [0.25, 0.3) is 0 Å². The lowest BCUT2D eigenvalue weighted by atomic mass is 10.2. The first-order chi connectivity index (χ1) is 7.99. The number of amides is 1. The van der Waals surface area contributed by atoms with E-state index in [4.69, 9.17) is 18.0 Å². The Balaban J connectivity index is 3.90. The predicted molar refractivity (Wildman–Crippen MR) is 71.5 cm³/mol. The lowest BCUT2D eigenvalue weighted by Gasteiger charge is -2.19. The average molecular weight is 259 g/mol. The van der Waals surface area contributed by atoms with Gasteiger partial charge in [-0.15, -0.1) is 0 Å². The van der Waals surface area contributed by atoms with Gasteiger partial charge < -0.3 is 21.2 Å². The van der Waals surface area contributed by atoms with E-state index in [-0.39, 0.29) is 18.0 Å². The van der Waals surface area contributed by atoms with Crippen LogP contribution in [0, 0.1) is 0 Å². The molecular weight excluding hydrogens is 238 g/mol. The van der Waals surface area contributed by atoms with Crippen LogP contribution in [0.2, 0.25) is 0 Å². The summed E-state index contributed by atoms with van der Waals surface area (Å²) in [6.45, 7) is 3.91. The van der Waals surface area contributed by atoms with Crippen LogP contribution in [0.1, 0.15) is 39.5 Å². The van der Waals surface area contributed by atoms with E-state index in [1.807, 2.05) is 13.8 Å². The molecule has 0 radical (unpaired) electrons. The molecule has 1 amide bonds. The number of hydrogen-bond donors (Lipinski definition) is 3. The molecule has 0 spiro atoms. The Kier molecular flexibility index (Phi) is 8.31. The minimum atomic E-state index is -0.325. The van der Waals surface area contributed by atoms with Gasteiger partial charge in [0, 0.05) is 12.5 Å². The van der Waals surface area contributed by atoms with Gasteiger partial charge in [-0.05, 0) is 32.0 Å². The highest BCUT2D eigenvalue weighted by molar-refractivity contribution is 7.80. The first kappa shape index (κ1) is 15.8. The molecule has 0 saturated carbocycles. The van der Waals surface area contributed by atoms with Gasteiger partial charge in [0.15, 0.2) is 5.11 Å². The third-order valence-electron chi connectivity index (χ3n) is 2.28. The van der Waals surface area contributed by atoms with E-state index < -0.39 is 0 Å². The fourth-order valence-corrected chi connectivity index (χ4v) is 1.70. The third kappa shape index (κ3) is 8.62. The monoisotopic (exact) mass is 259 g/mol. The molecule has 0 fully saturated rings. The fourth-order valence-electron chi connectivity index (χ4n) is 1.35. The molecule has 0 heterocycles. The van der Waals surface area contributed by atoms with Crippen molar-refractivity contribution in [2.45, 2.75) is 51.6 Å². The second kappa shape index (κ2) is 8.92. The first-order valence-corrected chi connectivity index (χ1v) is 6.21. The van der Waals surface area contributed by atoms with Crippen molar-refractivity contribution in [2.24, 2.45) is 5.73 Å². The van der Waals surface area contributed by atoms with Gasteiger partial charge in [-0.3, -0.25) is 4.79 Å². The summed E-state index contributed by atoms with van der Waals surface area (Å²) < 4.78 is 0. The predicted octanol–water partition coefficient (Wildman–Crippen LogP) is 0.472. The smallest absolute Gasteiger partial charge is 0.217 e. The molecule has 17 heavy (non-hydrogen) atoms. The molecule has 0 aromatic carbocycles. The van der Waals surface area contributed by atoms with Crippen LogP contribution in [-0.4, -0.2) is 29.4 Å². The maximum atomic E-state index is 10.7. The number of primary amides is 1. The summed E-state index contributed by atoms with van der Waals surface area (Å²) in [6.07, 6.45) is 3.46. The van der Waals surface area contributed by atoms with Crippen LogP contribution >= 0.6 is 12.2 Å². The molecule has 0 saturated heterocycles. The van der Waals surface area contributed by atoms with Crippen molar-refractivity contribution in [1.29, 1.82) is 0 Å². The number of nitrogens with two attached hydrogens (primary N) is 1. The minimum absolute atomic E-state index is 0.0522. The number of hydrogen-bond acceptors (Lipinski definition) is 3. The van der Waals surface area contributed by atoms with Gasteiger partial charge >= 0.3 is 0 Å². The van der Waals surface area contributed by atoms with Gasteiger partial charge in [-0.1, -0.05) is 13.3 Å². The summed E-state index contributed by atoms with van der Waals surface area (Å²) >= 11 is 5.07. The Labute approximate surface area is 108 Å². The Morgan fingerprint density at radius 1 is 1.41 bits per heavy atom. The first-order valence-electron chi connectivity index (χ1n) is 5.80. The lowest BCUT2D eigenvalue weighted by molar-refractivity contribution is -0.118. The largest absolute Gasteiger partial charge is 0.370 e. The van der Waals surface area contributed by atoms with E-state index in [2.05, 4.69) is 10.6 Å². The second-order valence-electron chi connectivity index (χ2n) is 4.06.